The number of carbonyl (C=O) groups excluding carboxylic acids is 1. The summed E-state index contributed by atoms with van der Waals surface area (Å²) in [6.45, 7) is 5.35. The van der Waals surface area contributed by atoms with Gasteiger partial charge in [0.05, 0.1) is 6.04 Å². The number of H-pyrrole nitrogens is 1. The Morgan fingerprint density at radius 3 is 2.60 bits per heavy atom. The number of rotatable bonds is 5. The molecule has 4 nitrogen and oxygen atoms in total. The second kappa shape index (κ2) is 7.31. The Morgan fingerprint density at radius 1 is 1.30 bits per heavy atom. The van der Waals surface area contributed by atoms with Gasteiger partial charge in [-0.3, -0.25) is 4.79 Å². The number of aromatic amines is 1. The molecule has 1 aromatic carbocycles. The Hall–Kier alpha value is -1.52. The van der Waals surface area contributed by atoms with Gasteiger partial charge in [0, 0.05) is 30.2 Å². The van der Waals surface area contributed by atoms with Crippen LogP contribution in [0.25, 0.3) is 10.9 Å². The first-order chi connectivity index (χ1) is 9.17. The number of carbonyl (C=O) groups is 1. The minimum Gasteiger partial charge on any atom is -0.361 e. The maximum atomic E-state index is 12.2. The van der Waals surface area contributed by atoms with Crippen molar-refractivity contribution in [3.05, 3.63) is 36.0 Å². The SMILES string of the molecule is CCN(CC)C(=O)[C@@H](N)Cc1c[nH]c2ccccc12.Cl. The van der Waals surface area contributed by atoms with Crippen LogP contribution in [0.15, 0.2) is 30.5 Å². The smallest absolute Gasteiger partial charge is 0.239 e. The molecule has 0 unspecified atom stereocenters. The summed E-state index contributed by atoms with van der Waals surface area (Å²) in [6, 6.07) is 7.59. The fourth-order valence-electron chi connectivity index (χ4n) is 2.39. The van der Waals surface area contributed by atoms with Crippen molar-refractivity contribution in [2.24, 2.45) is 5.73 Å². The molecule has 110 valence electrons. The predicted octanol–water partition coefficient (Wildman–Crippen LogP) is 2.33. The number of hydrogen-bond acceptors (Lipinski definition) is 2. The van der Waals surface area contributed by atoms with Crippen LogP contribution in [-0.2, 0) is 11.2 Å². The number of nitrogens with zero attached hydrogens (tertiary/aromatic N) is 1. The van der Waals surface area contributed by atoms with E-state index in [9.17, 15) is 4.79 Å². The molecule has 2 aromatic rings. The third-order valence-corrected chi connectivity index (χ3v) is 3.51. The average molecular weight is 296 g/mol. The topological polar surface area (TPSA) is 62.1 Å². The average Bonchev–Trinajstić information content (AvgIpc) is 2.83. The number of amides is 1. The summed E-state index contributed by atoms with van der Waals surface area (Å²) < 4.78 is 0. The largest absolute Gasteiger partial charge is 0.361 e. The molecule has 1 amide bonds. The normalized spacial score (nSPS) is 11.9. The molecule has 0 aliphatic carbocycles. The van der Waals surface area contributed by atoms with Crippen molar-refractivity contribution in [3.63, 3.8) is 0 Å². The van der Waals surface area contributed by atoms with Gasteiger partial charge in [-0.2, -0.15) is 0 Å². The molecule has 5 heteroatoms. The standard InChI is InChI=1S/C15H21N3O.ClH/c1-3-18(4-2)15(19)13(16)9-11-10-17-14-8-6-5-7-12(11)14;/h5-8,10,13,17H,3-4,9,16H2,1-2H3;1H/t13-;/m0./s1. The summed E-state index contributed by atoms with van der Waals surface area (Å²) in [4.78, 5) is 17.1. The van der Waals surface area contributed by atoms with Crippen LogP contribution in [0, 0.1) is 0 Å². The van der Waals surface area contributed by atoms with Gasteiger partial charge in [-0.25, -0.2) is 0 Å². The Kier molecular flexibility index (Phi) is 6.05. The van der Waals surface area contributed by atoms with E-state index in [1.54, 1.807) is 4.90 Å². The van der Waals surface area contributed by atoms with Gasteiger partial charge in [0.25, 0.3) is 0 Å². The molecule has 0 bridgehead atoms. The predicted molar refractivity (Wildman–Crippen MR) is 85.2 cm³/mol. The van der Waals surface area contributed by atoms with Gasteiger partial charge >= 0.3 is 0 Å². The molecule has 3 N–H and O–H groups in total. The molecule has 0 spiro atoms. The van der Waals surface area contributed by atoms with Gasteiger partial charge in [-0.15, -0.1) is 12.4 Å². The number of halogens is 1. The van der Waals surface area contributed by atoms with E-state index in [4.69, 9.17) is 5.73 Å². The van der Waals surface area contributed by atoms with Crippen LogP contribution in [0.4, 0.5) is 0 Å². The molecular formula is C15H22ClN3O. The number of fused-ring (bicyclic) bond motifs is 1. The minimum atomic E-state index is -0.473. The van der Waals surface area contributed by atoms with E-state index in [0.717, 1.165) is 16.5 Å². The van der Waals surface area contributed by atoms with Crippen molar-refractivity contribution in [1.82, 2.24) is 9.88 Å². The summed E-state index contributed by atoms with van der Waals surface area (Å²) in [6.07, 6.45) is 2.51. The number of benzene rings is 1. The van der Waals surface area contributed by atoms with E-state index in [-0.39, 0.29) is 18.3 Å². The fraction of sp³-hybridized carbons (Fsp3) is 0.400. The monoisotopic (exact) mass is 295 g/mol. The molecule has 0 saturated carbocycles. The quantitative estimate of drug-likeness (QED) is 0.889. The number of likely N-dealkylation sites (N-methyl/N-ethyl adjacent to an activating group) is 1. The highest BCUT2D eigenvalue weighted by molar-refractivity contribution is 5.86. The zero-order valence-corrected chi connectivity index (χ0v) is 12.7. The van der Waals surface area contributed by atoms with Crippen molar-refractivity contribution in [3.8, 4) is 0 Å². The van der Waals surface area contributed by atoms with Crippen LogP contribution in [0.3, 0.4) is 0 Å². The number of hydrogen-bond donors (Lipinski definition) is 2. The number of para-hydroxylation sites is 1. The van der Waals surface area contributed by atoms with Crippen LogP contribution in [0.5, 0.6) is 0 Å². The maximum Gasteiger partial charge on any atom is 0.239 e. The van der Waals surface area contributed by atoms with Crippen molar-refractivity contribution >= 4 is 29.2 Å². The molecule has 2 rings (SSSR count). The lowest BCUT2D eigenvalue weighted by molar-refractivity contribution is -0.132. The van der Waals surface area contributed by atoms with Crippen LogP contribution in [-0.4, -0.2) is 34.9 Å². The van der Waals surface area contributed by atoms with Gasteiger partial charge in [0.15, 0.2) is 0 Å². The van der Waals surface area contributed by atoms with Gasteiger partial charge in [0.1, 0.15) is 0 Å². The number of nitrogens with two attached hydrogens (primary N) is 1. The molecule has 0 saturated heterocycles. The van der Waals surface area contributed by atoms with E-state index in [0.29, 0.717) is 19.5 Å². The molecule has 0 aliphatic heterocycles. The van der Waals surface area contributed by atoms with Crippen molar-refractivity contribution in [2.75, 3.05) is 13.1 Å². The zero-order valence-electron chi connectivity index (χ0n) is 11.9. The second-order valence-electron chi connectivity index (χ2n) is 4.68. The zero-order chi connectivity index (χ0) is 13.8. The van der Waals surface area contributed by atoms with Gasteiger partial charge in [-0.05, 0) is 31.9 Å². The van der Waals surface area contributed by atoms with E-state index < -0.39 is 6.04 Å². The highest BCUT2D eigenvalue weighted by Crippen LogP contribution is 2.19. The van der Waals surface area contributed by atoms with Gasteiger partial charge in [0.2, 0.25) is 5.91 Å². The molecule has 1 heterocycles. The minimum absolute atomic E-state index is 0. The molecular weight excluding hydrogens is 274 g/mol. The summed E-state index contributed by atoms with van der Waals surface area (Å²) in [5.41, 5.74) is 8.23. The van der Waals surface area contributed by atoms with Crippen LogP contribution < -0.4 is 5.73 Å². The van der Waals surface area contributed by atoms with Crippen molar-refractivity contribution < 1.29 is 4.79 Å². The third kappa shape index (κ3) is 3.32. The fourth-order valence-corrected chi connectivity index (χ4v) is 2.39. The lowest BCUT2D eigenvalue weighted by atomic mass is 10.0. The Bertz CT molecular complexity index is 563. The summed E-state index contributed by atoms with van der Waals surface area (Å²) in [7, 11) is 0. The van der Waals surface area contributed by atoms with Crippen LogP contribution in [0.2, 0.25) is 0 Å². The molecule has 0 fully saturated rings. The molecule has 1 atom stereocenters. The number of aromatic nitrogens is 1. The van der Waals surface area contributed by atoms with E-state index in [1.807, 2.05) is 38.2 Å². The van der Waals surface area contributed by atoms with Crippen molar-refractivity contribution in [2.45, 2.75) is 26.3 Å². The molecule has 20 heavy (non-hydrogen) atoms. The number of nitrogens with one attached hydrogen (secondary N) is 1. The van der Waals surface area contributed by atoms with E-state index >= 15 is 0 Å². The molecule has 1 aromatic heterocycles. The maximum absolute atomic E-state index is 12.2. The first kappa shape index (κ1) is 16.5. The molecule has 0 aliphatic rings. The van der Waals surface area contributed by atoms with Crippen molar-refractivity contribution in [1.29, 1.82) is 0 Å². The summed E-state index contributed by atoms with van der Waals surface area (Å²) in [5.74, 6) is 0.0234. The lowest BCUT2D eigenvalue weighted by Crippen LogP contribution is -2.44. The van der Waals surface area contributed by atoms with Crippen LogP contribution >= 0.6 is 12.4 Å². The Labute approximate surface area is 125 Å². The van der Waals surface area contributed by atoms with E-state index in [1.165, 1.54) is 0 Å². The third-order valence-electron chi connectivity index (χ3n) is 3.51. The summed E-state index contributed by atoms with van der Waals surface area (Å²) >= 11 is 0. The highest BCUT2D eigenvalue weighted by Gasteiger charge is 2.20. The van der Waals surface area contributed by atoms with E-state index in [2.05, 4.69) is 11.1 Å². The summed E-state index contributed by atoms with van der Waals surface area (Å²) in [5, 5.41) is 1.14. The Morgan fingerprint density at radius 2 is 1.95 bits per heavy atom. The van der Waals surface area contributed by atoms with Gasteiger partial charge in [-0.1, -0.05) is 18.2 Å². The molecule has 0 radical (unpaired) electrons. The first-order valence-electron chi connectivity index (χ1n) is 6.76. The first-order valence-corrected chi connectivity index (χ1v) is 6.76. The van der Waals surface area contributed by atoms with Crippen LogP contribution in [0.1, 0.15) is 19.4 Å². The highest BCUT2D eigenvalue weighted by atomic mass is 35.5. The Balaban J connectivity index is 0.00000200. The second-order valence-corrected chi connectivity index (χ2v) is 4.68. The lowest BCUT2D eigenvalue weighted by Gasteiger charge is -2.22. The van der Waals surface area contributed by atoms with Gasteiger partial charge < -0.3 is 15.6 Å².